The largest absolute Gasteiger partial charge is 0.475 e. The molecule has 0 aromatic rings. The van der Waals surface area contributed by atoms with Gasteiger partial charge in [-0.05, 0) is 19.3 Å². The predicted octanol–water partition coefficient (Wildman–Crippen LogP) is 5.25. The lowest BCUT2D eigenvalue weighted by Gasteiger charge is -2.01. The summed E-state index contributed by atoms with van der Waals surface area (Å²) in [6, 6.07) is 0. The lowest BCUT2D eigenvalue weighted by atomic mass is 10.1. The summed E-state index contributed by atoms with van der Waals surface area (Å²) < 4.78 is 0. The first-order chi connectivity index (χ1) is 11.6. The molecule has 0 rings (SSSR count). The highest BCUT2D eigenvalue weighted by atomic mass is 16.4. The Morgan fingerprint density at radius 1 is 0.708 bits per heavy atom. The van der Waals surface area contributed by atoms with Gasteiger partial charge in [-0.15, -0.1) is 0 Å². The minimum absolute atomic E-state index is 0.0140. The van der Waals surface area contributed by atoms with Gasteiger partial charge in [0.25, 0.3) is 0 Å². The van der Waals surface area contributed by atoms with E-state index in [4.69, 9.17) is 5.11 Å². The molecule has 0 heterocycles. The molecule has 0 aliphatic rings. The van der Waals surface area contributed by atoms with Crippen molar-refractivity contribution in [1.82, 2.24) is 0 Å². The van der Waals surface area contributed by atoms with E-state index >= 15 is 0 Å². The summed E-state index contributed by atoms with van der Waals surface area (Å²) in [5, 5.41) is 8.39. The molecule has 24 heavy (non-hydrogen) atoms. The molecule has 0 amide bonds. The zero-order valence-corrected chi connectivity index (χ0v) is 15.2. The highest BCUT2D eigenvalue weighted by Crippen LogP contribution is 2.12. The Labute approximate surface area is 146 Å². The molecule has 138 valence electrons. The number of aliphatic carboxylic acids is 1. The zero-order chi connectivity index (χ0) is 18.0. The van der Waals surface area contributed by atoms with Gasteiger partial charge in [0.15, 0.2) is 0 Å². The predicted molar refractivity (Wildman–Crippen MR) is 97.1 cm³/mol. The maximum atomic E-state index is 11.2. The van der Waals surface area contributed by atoms with Gasteiger partial charge in [0, 0.05) is 6.42 Å². The van der Waals surface area contributed by atoms with Crippen molar-refractivity contribution in [1.29, 1.82) is 0 Å². The Balaban J connectivity index is 3.31. The minimum Gasteiger partial charge on any atom is -0.475 e. The van der Waals surface area contributed by atoms with Crippen molar-refractivity contribution in [2.24, 2.45) is 0 Å². The van der Waals surface area contributed by atoms with Crippen molar-refractivity contribution in [3.05, 3.63) is 12.2 Å². The van der Waals surface area contributed by atoms with Crippen LogP contribution in [0, 0.1) is 0 Å². The molecule has 0 aromatic carbocycles. The molecule has 0 atom stereocenters. The van der Waals surface area contributed by atoms with Crippen LogP contribution in [0.25, 0.3) is 0 Å². The van der Waals surface area contributed by atoms with Crippen molar-refractivity contribution < 1.29 is 19.5 Å². The van der Waals surface area contributed by atoms with Crippen LogP contribution in [-0.2, 0) is 14.4 Å². The monoisotopic (exact) mass is 338 g/mol. The molecule has 0 saturated carbocycles. The van der Waals surface area contributed by atoms with Crippen LogP contribution in [0.4, 0.5) is 0 Å². The molecule has 1 N–H and O–H groups in total. The number of Topliss-reactive ketones (excluding diaryl/α,β-unsaturated/α-hetero) is 2. The second-order valence-electron chi connectivity index (χ2n) is 6.39. The van der Waals surface area contributed by atoms with E-state index in [9.17, 15) is 14.4 Å². The van der Waals surface area contributed by atoms with Gasteiger partial charge in [-0.1, -0.05) is 83.3 Å². The SMILES string of the molecule is CCCCCCCCCCCCCC=CCCC(=O)C(=O)C(=O)O. The fraction of sp³-hybridized carbons (Fsp3) is 0.750. The summed E-state index contributed by atoms with van der Waals surface area (Å²) in [4.78, 5) is 32.3. The Morgan fingerprint density at radius 3 is 1.67 bits per heavy atom. The number of ketones is 2. The van der Waals surface area contributed by atoms with Crippen LogP contribution in [0.15, 0.2) is 12.2 Å². The normalized spacial score (nSPS) is 11.0. The summed E-state index contributed by atoms with van der Waals surface area (Å²) in [6.45, 7) is 2.25. The second-order valence-corrected chi connectivity index (χ2v) is 6.39. The number of rotatable bonds is 17. The summed E-state index contributed by atoms with van der Waals surface area (Å²) in [6.07, 6.45) is 19.8. The Morgan fingerprint density at radius 2 is 1.17 bits per heavy atom. The van der Waals surface area contributed by atoms with Gasteiger partial charge >= 0.3 is 11.8 Å². The molecule has 0 aliphatic carbocycles. The lowest BCUT2D eigenvalue weighted by molar-refractivity contribution is -0.152. The first kappa shape index (κ1) is 22.6. The number of carboxylic acids is 1. The molecule has 4 heteroatoms. The zero-order valence-electron chi connectivity index (χ0n) is 15.2. The summed E-state index contributed by atoms with van der Waals surface area (Å²) in [7, 11) is 0. The Bertz CT molecular complexity index is 385. The number of unbranched alkanes of at least 4 members (excludes halogenated alkanes) is 11. The average Bonchev–Trinajstić information content (AvgIpc) is 2.57. The molecule has 0 bridgehead atoms. The molecular weight excluding hydrogens is 304 g/mol. The first-order valence-corrected chi connectivity index (χ1v) is 9.55. The van der Waals surface area contributed by atoms with Gasteiger partial charge < -0.3 is 5.11 Å². The summed E-state index contributed by atoms with van der Waals surface area (Å²) in [5.41, 5.74) is 0. The molecule has 0 aliphatic heterocycles. The standard InChI is InChI=1S/C20H34O4/c1-2-3-4-5-6-7-8-9-10-11-12-13-14-15-16-17-18(21)19(22)20(23)24/h14-15H,2-13,16-17H2,1H3,(H,23,24). The van der Waals surface area contributed by atoms with Crippen LogP contribution >= 0.6 is 0 Å². The topological polar surface area (TPSA) is 71.4 Å². The third kappa shape index (κ3) is 14.2. The van der Waals surface area contributed by atoms with Gasteiger partial charge in [0.05, 0.1) is 0 Å². The summed E-state index contributed by atoms with van der Waals surface area (Å²) >= 11 is 0. The average molecular weight is 338 g/mol. The number of carbonyl (C=O) groups is 3. The molecular formula is C20H34O4. The first-order valence-electron chi connectivity index (χ1n) is 9.55. The molecule has 0 unspecified atom stereocenters. The number of hydrogen-bond donors (Lipinski definition) is 1. The summed E-state index contributed by atoms with van der Waals surface area (Å²) in [5.74, 6) is -3.79. The van der Waals surface area contributed by atoms with E-state index in [1.54, 1.807) is 0 Å². The van der Waals surface area contributed by atoms with Crippen molar-refractivity contribution in [3.63, 3.8) is 0 Å². The van der Waals surface area contributed by atoms with Crippen molar-refractivity contribution in [2.75, 3.05) is 0 Å². The molecule has 0 saturated heterocycles. The lowest BCUT2D eigenvalue weighted by Crippen LogP contribution is -2.22. The highest BCUT2D eigenvalue weighted by molar-refractivity contribution is 6.61. The van der Waals surface area contributed by atoms with Gasteiger partial charge in [-0.2, -0.15) is 0 Å². The Kier molecular flexibility index (Phi) is 15.4. The maximum absolute atomic E-state index is 11.2. The molecule has 4 nitrogen and oxygen atoms in total. The van der Waals surface area contributed by atoms with Crippen LogP contribution in [0.1, 0.15) is 96.8 Å². The fourth-order valence-electron chi connectivity index (χ4n) is 2.61. The van der Waals surface area contributed by atoms with Crippen molar-refractivity contribution in [2.45, 2.75) is 96.8 Å². The Hall–Kier alpha value is -1.45. The third-order valence-electron chi connectivity index (χ3n) is 4.13. The van der Waals surface area contributed by atoms with E-state index in [-0.39, 0.29) is 6.42 Å². The van der Waals surface area contributed by atoms with E-state index < -0.39 is 17.5 Å². The van der Waals surface area contributed by atoms with Gasteiger partial charge in [-0.25, -0.2) is 4.79 Å². The van der Waals surface area contributed by atoms with Crippen molar-refractivity contribution >= 4 is 17.5 Å². The van der Waals surface area contributed by atoms with Gasteiger partial charge in [0.2, 0.25) is 5.78 Å². The fourth-order valence-corrected chi connectivity index (χ4v) is 2.61. The van der Waals surface area contributed by atoms with Crippen LogP contribution < -0.4 is 0 Å². The van der Waals surface area contributed by atoms with E-state index in [1.807, 2.05) is 12.2 Å². The number of allylic oxidation sites excluding steroid dienone is 2. The van der Waals surface area contributed by atoms with Crippen molar-refractivity contribution in [3.8, 4) is 0 Å². The molecule has 0 radical (unpaired) electrons. The quantitative estimate of drug-likeness (QED) is 0.170. The molecule has 0 fully saturated rings. The maximum Gasteiger partial charge on any atom is 0.380 e. The second kappa shape index (κ2) is 16.4. The van der Waals surface area contributed by atoms with E-state index in [0.29, 0.717) is 6.42 Å². The highest BCUT2D eigenvalue weighted by Gasteiger charge is 2.20. The number of carbonyl (C=O) groups excluding carboxylic acids is 2. The van der Waals surface area contributed by atoms with E-state index in [0.717, 1.165) is 12.8 Å². The number of carboxylic acid groups (broad SMARTS) is 1. The van der Waals surface area contributed by atoms with Crippen LogP contribution in [-0.4, -0.2) is 22.6 Å². The van der Waals surface area contributed by atoms with Crippen LogP contribution in [0.2, 0.25) is 0 Å². The van der Waals surface area contributed by atoms with Gasteiger partial charge in [-0.3, -0.25) is 9.59 Å². The number of hydrogen-bond acceptors (Lipinski definition) is 3. The molecule has 0 aromatic heterocycles. The van der Waals surface area contributed by atoms with E-state index in [2.05, 4.69) is 6.92 Å². The van der Waals surface area contributed by atoms with E-state index in [1.165, 1.54) is 64.2 Å². The smallest absolute Gasteiger partial charge is 0.380 e. The minimum atomic E-state index is -1.66. The van der Waals surface area contributed by atoms with Gasteiger partial charge in [0.1, 0.15) is 0 Å². The van der Waals surface area contributed by atoms with Crippen LogP contribution in [0.3, 0.4) is 0 Å². The molecule has 0 spiro atoms. The van der Waals surface area contributed by atoms with Crippen LogP contribution in [0.5, 0.6) is 0 Å². The third-order valence-corrected chi connectivity index (χ3v) is 4.13.